The number of methoxy groups -OCH3 is 1. The highest BCUT2D eigenvalue weighted by Crippen LogP contribution is 2.50. The summed E-state index contributed by atoms with van der Waals surface area (Å²) < 4.78 is 10.9. The maximum atomic E-state index is 6.85. The van der Waals surface area contributed by atoms with Crippen molar-refractivity contribution in [3.8, 4) is 5.75 Å². The summed E-state index contributed by atoms with van der Waals surface area (Å²) in [6.07, 6.45) is 4.63. The van der Waals surface area contributed by atoms with Gasteiger partial charge in [0.15, 0.2) is 0 Å². The zero-order valence-corrected chi connectivity index (χ0v) is 12.9. The average molecular weight is 277 g/mol. The fourth-order valence-electron chi connectivity index (χ4n) is 3.23. The van der Waals surface area contributed by atoms with Gasteiger partial charge in [0.1, 0.15) is 12.4 Å². The van der Waals surface area contributed by atoms with E-state index in [4.69, 9.17) is 15.2 Å². The number of para-hydroxylation sites is 1. The fourth-order valence-corrected chi connectivity index (χ4v) is 3.23. The molecule has 1 atom stereocenters. The molecule has 20 heavy (non-hydrogen) atoms. The maximum Gasteiger partial charge on any atom is 0.124 e. The first kappa shape index (κ1) is 15.3. The Morgan fingerprint density at radius 3 is 2.50 bits per heavy atom. The normalized spacial score (nSPS) is 25.4. The molecule has 1 aromatic carbocycles. The second kappa shape index (κ2) is 6.15. The van der Waals surface area contributed by atoms with Crippen molar-refractivity contribution >= 4 is 0 Å². The second-order valence-electron chi connectivity index (χ2n) is 6.40. The molecule has 3 nitrogen and oxygen atoms in total. The van der Waals surface area contributed by atoms with Crippen LogP contribution in [0, 0.1) is 5.41 Å². The molecule has 0 aliphatic heterocycles. The summed E-state index contributed by atoms with van der Waals surface area (Å²) in [6.45, 7) is 5.70. The van der Waals surface area contributed by atoms with Crippen LogP contribution in [0.2, 0.25) is 0 Å². The van der Waals surface area contributed by atoms with Crippen LogP contribution in [0.5, 0.6) is 5.75 Å². The van der Waals surface area contributed by atoms with E-state index >= 15 is 0 Å². The largest absolute Gasteiger partial charge is 0.491 e. The molecular weight excluding hydrogens is 250 g/mol. The van der Waals surface area contributed by atoms with Crippen LogP contribution in [-0.4, -0.2) is 20.3 Å². The van der Waals surface area contributed by atoms with E-state index in [0.29, 0.717) is 13.2 Å². The molecule has 2 N–H and O–H groups in total. The third kappa shape index (κ3) is 2.84. The van der Waals surface area contributed by atoms with Gasteiger partial charge in [-0.2, -0.15) is 0 Å². The molecule has 0 amide bonds. The van der Waals surface area contributed by atoms with Crippen LogP contribution >= 0.6 is 0 Å². The SMILES string of the molecule is COCCOc1ccccc1C1(N)CCCCC1(C)C. The highest BCUT2D eigenvalue weighted by molar-refractivity contribution is 5.40. The first-order valence-corrected chi connectivity index (χ1v) is 7.51. The molecule has 1 aliphatic carbocycles. The number of nitrogens with two attached hydrogens (primary N) is 1. The van der Waals surface area contributed by atoms with Crippen LogP contribution in [-0.2, 0) is 10.3 Å². The molecule has 1 saturated carbocycles. The molecule has 0 saturated heterocycles. The summed E-state index contributed by atoms with van der Waals surface area (Å²) in [6, 6.07) is 8.20. The van der Waals surface area contributed by atoms with Gasteiger partial charge >= 0.3 is 0 Å². The van der Waals surface area contributed by atoms with Crippen molar-refractivity contribution in [3.05, 3.63) is 29.8 Å². The van der Waals surface area contributed by atoms with E-state index in [1.165, 1.54) is 12.8 Å². The molecule has 3 heteroatoms. The summed E-state index contributed by atoms with van der Waals surface area (Å²) in [4.78, 5) is 0. The van der Waals surface area contributed by atoms with Gasteiger partial charge in [-0.3, -0.25) is 0 Å². The Morgan fingerprint density at radius 2 is 1.80 bits per heavy atom. The predicted molar refractivity (Wildman–Crippen MR) is 81.9 cm³/mol. The molecule has 1 unspecified atom stereocenters. The average Bonchev–Trinajstić information content (AvgIpc) is 2.43. The molecular formula is C17H27NO2. The Morgan fingerprint density at radius 1 is 1.10 bits per heavy atom. The molecule has 0 aromatic heterocycles. The lowest BCUT2D eigenvalue weighted by atomic mass is 9.60. The van der Waals surface area contributed by atoms with Gasteiger partial charge in [-0.15, -0.1) is 0 Å². The topological polar surface area (TPSA) is 44.5 Å². The fraction of sp³-hybridized carbons (Fsp3) is 0.647. The van der Waals surface area contributed by atoms with Gasteiger partial charge in [-0.1, -0.05) is 44.9 Å². The van der Waals surface area contributed by atoms with Crippen molar-refractivity contribution in [2.45, 2.75) is 45.1 Å². The highest BCUT2D eigenvalue weighted by Gasteiger charge is 2.46. The van der Waals surface area contributed by atoms with Gasteiger partial charge in [-0.05, 0) is 24.3 Å². The first-order chi connectivity index (χ1) is 9.51. The van der Waals surface area contributed by atoms with E-state index < -0.39 is 0 Å². The summed E-state index contributed by atoms with van der Waals surface area (Å²) in [5, 5.41) is 0. The minimum Gasteiger partial charge on any atom is -0.491 e. The molecule has 0 radical (unpaired) electrons. The minimum atomic E-state index is -0.311. The van der Waals surface area contributed by atoms with Crippen molar-refractivity contribution < 1.29 is 9.47 Å². The van der Waals surface area contributed by atoms with Crippen LogP contribution in [0.4, 0.5) is 0 Å². The van der Waals surface area contributed by atoms with E-state index in [1.54, 1.807) is 7.11 Å². The molecule has 0 spiro atoms. The number of rotatable bonds is 5. The number of hydrogen-bond donors (Lipinski definition) is 1. The van der Waals surface area contributed by atoms with Crippen molar-refractivity contribution in [1.29, 1.82) is 0 Å². The number of ether oxygens (including phenoxy) is 2. The maximum absolute atomic E-state index is 6.85. The smallest absolute Gasteiger partial charge is 0.124 e. The Bertz CT molecular complexity index is 444. The lowest BCUT2D eigenvalue weighted by Gasteiger charge is -2.48. The van der Waals surface area contributed by atoms with Gasteiger partial charge in [0.2, 0.25) is 0 Å². The molecule has 1 fully saturated rings. The monoisotopic (exact) mass is 277 g/mol. The standard InChI is InChI=1S/C17H27NO2/c1-16(2)10-6-7-11-17(16,18)14-8-4-5-9-15(14)20-13-12-19-3/h4-5,8-9H,6-7,10-13,18H2,1-3H3. The molecule has 0 bridgehead atoms. The highest BCUT2D eigenvalue weighted by atomic mass is 16.5. The number of hydrogen-bond acceptors (Lipinski definition) is 3. The lowest BCUT2D eigenvalue weighted by molar-refractivity contribution is 0.0916. The summed E-state index contributed by atoms with van der Waals surface area (Å²) in [5.41, 5.74) is 7.77. The van der Waals surface area contributed by atoms with Crippen molar-refractivity contribution in [3.63, 3.8) is 0 Å². The summed E-state index contributed by atoms with van der Waals surface area (Å²) in [5.74, 6) is 0.905. The van der Waals surface area contributed by atoms with Gasteiger partial charge in [0.25, 0.3) is 0 Å². The number of benzene rings is 1. The third-order valence-electron chi connectivity index (χ3n) is 4.74. The molecule has 1 aromatic rings. The van der Waals surface area contributed by atoms with Crippen LogP contribution in [0.3, 0.4) is 0 Å². The van der Waals surface area contributed by atoms with Gasteiger partial charge in [0.05, 0.1) is 6.61 Å². The van der Waals surface area contributed by atoms with Crippen molar-refractivity contribution in [2.24, 2.45) is 11.1 Å². The Labute approximate surface area is 122 Å². The van der Waals surface area contributed by atoms with Crippen LogP contribution in [0.1, 0.15) is 45.1 Å². The predicted octanol–water partition coefficient (Wildman–Crippen LogP) is 3.47. The van der Waals surface area contributed by atoms with Gasteiger partial charge in [0, 0.05) is 18.2 Å². The molecule has 1 aliphatic rings. The Kier molecular flexibility index (Phi) is 4.71. The van der Waals surface area contributed by atoms with Crippen LogP contribution in [0.25, 0.3) is 0 Å². The van der Waals surface area contributed by atoms with Crippen molar-refractivity contribution in [2.75, 3.05) is 20.3 Å². The quantitative estimate of drug-likeness (QED) is 0.838. The third-order valence-corrected chi connectivity index (χ3v) is 4.74. The van der Waals surface area contributed by atoms with E-state index in [-0.39, 0.29) is 11.0 Å². The first-order valence-electron chi connectivity index (χ1n) is 7.51. The van der Waals surface area contributed by atoms with Crippen LogP contribution < -0.4 is 10.5 Å². The second-order valence-corrected chi connectivity index (χ2v) is 6.40. The summed E-state index contributed by atoms with van der Waals surface area (Å²) in [7, 11) is 1.68. The van der Waals surface area contributed by atoms with Gasteiger partial charge < -0.3 is 15.2 Å². The van der Waals surface area contributed by atoms with E-state index in [9.17, 15) is 0 Å². The zero-order valence-electron chi connectivity index (χ0n) is 12.9. The molecule has 0 heterocycles. The zero-order chi connectivity index (χ0) is 14.6. The lowest BCUT2D eigenvalue weighted by Crippen LogP contribution is -2.52. The molecule has 2 rings (SSSR count). The van der Waals surface area contributed by atoms with Gasteiger partial charge in [-0.25, -0.2) is 0 Å². The van der Waals surface area contributed by atoms with E-state index in [2.05, 4.69) is 26.0 Å². The van der Waals surface area contributed by atoms with Crippen molar-refractivity contribution in [1.82, 2.24) is 0 Å². The Balaban J connectivity index is 2.30. The van der Waals surface area contributed by atoms with E-state index in [0.717, 1.165) is 24.2 Å². The minimum absolute atomic E-state index is 0.0893. The van der Waals surface area contributed by atoms with Crippen LogP contribution in [0.15, 0.2) is 24.3 Å². The summed E-state index contributed by atoms with van der Waals surface area (Å²) >= 11 is 0. The molecule has 112 valence electrons. The Hall–Kier alpha value is -1.06. The van der Waals surface area contributed by atoms with E-state index in [1.807, 2.05) is 12.1 Å².